The minimum absolute atomic E-state index is 0.0744. The summed E-state index contributed by atoms with van der Waals surface area (Å²) in [6.45, 7) is 0. The minimum Gasteiger partial charge on any atom is -0.469 e. The van der Waals surface area contributed by atoms with Crippen LogP contribution in [0.4, 0.5) is 0 Å². The van der Waals surface area contributed by atoms with Gasteiger partial charge in [-0.05, 0) is 67.2 Å². The van der Waals surface area contributed by atoms with Crippen molar-refractivity contribution >= 4 is 39.1 Å². The second-order valence-corrected chi connectivity index (χ2v) is 11.4. The van der Waals surface area contributed by atoms with Gasteiger partial charge in [-0.2, -0.15) is 0 Å². The Hall–Kier alpha value is -0.880. The van der Waals surface area contributed by atoms with Gasteiger partial charge in [0.1, 0.15) is 0 Å². The van der Waals surface area contributed by atoms with E-state index < -0.39 is 0 Å². The van der Waals surface area contributed by atoms with Gasteiger partial charge in [0.2, 0.25) is 5.91 Å². The van der Waals surface area contributed by atoms with Crippen molar-refractivity contribution in [1.29, 1.82) is 0 Å². The Labute approximate surface area is 167 Å². The van der Waals surface area contributed by atoms with Gasteiger partial charge < -0.3 is 10.1 Å². The van der Waals surface area contributed by atoms with E-state index in [1.165, 1.54) is 39.2 Å². The lowest BCUT2D eigenvalue weighted by atomic mass is 9.48. The normalized spacial score (nSPS) is 35.9. The number of hydrogen-bond donors (Lipinski definition) is 1. The Kier molecular flexibility index (Phi) is 4.93. The maximum absolute atomic E-state index is 12.9. The molecule has 0 radical (unpaired) electrons. The fourth-order valence-electron chi connectivity index (χ4n) is 6.09. The van der Waals surface area contributed by atoms with Crippen molar-refractivity contribution in [1.82, 2.24) is 5.32 Å². The first-order valence-electron chi connectivity index (χ1n) is 9.47. The number of thiophene rings is 1. The van der Waals surface area contributed by atoms with Gasteiger partial charge in [-0.1, -0.05) is 22.0 Å². The number of esters is 1. The third-order valence-corrected chi connectivity index (χ3v) is 8.38. The third kappa shape index (κ3) is 3.72. The summed E-state index contributed by atoms with van der Waals surface area (Å²) in [6, 6.07) is 3.63. The Balaban J connectivity index is 1.45. The number of methoxy groups -OCH3 is 1. The van der Waals surface area contributed by atoms with Crippen molar-refractivity contribution in [2.75, 3.05) is 7.11 Å². The monoisotopic (exact) mass is 439 g/mol. The lowest BCUT2D eigenvalue weighted by Crippen LogP contribution is -2.54. The molecule has 6 heteroatoms. The fourth-order valence-corrected chi connectivity index (χ4v) is 8.38. The summed E-state index contributed by atoms with van der Waals surface area (Å²) in [5, 5.41) is 5.10. The molecule has 4 bridgehead atoms. The highest BCUT2D eigenvalue weighted by molar-refractivity contribution is 9.10. The lowest BCUT2D eigenvalue weighted by Gasteiger charge is -2.60. The molecule has 3 atom stereocenters. The van der Waals surface area contributed by atoms with Crippen LogP contribution in [0.5, 0.6) is 0 Å². The molecule has 0 spiro atoms. The quantitative estimate of drug-likeness (QED) is 0.520. The second-order valence-electron chi connectivity index (χ2n) is 8.70. The van der Waals surface area contributed by atoms with Crippen LogP contribution in [0.15, 0.2) is 17.5 Å². The van der Waals surface area contributed by atoms with E-state index in [9.17, 15) is 9.59 Å². The van der Waals surface area contributed by atoms with E-state index in [0.717, 1.165) is 23.1 Å². The highest BCUT2D eigenvalue weighted by atomic mass is 79.9. The summed E-state index contributed by atoms with van der Waals surface area (Å²) in [4.78, 5) is 25.7. The number of nitrogens with one attached hydrogen (secondary N) is 1. The highest BCUT2D eigenvalue weighted by Gasteiger charge is 2.57. The second kappa shape index (κ2) is 6.93. The summed E-state index contributed by atoms with van der Waals surface area (Å²) in [5.74, 6) is 1.32. The number of alkyl halides is 1. The molecule has 4 fully saturated rings. The molecule has 0 aromatic carbocycles. The average Bonchev–Trinajstić information content (AvgIpc) is 3.05. The summed E-state index contributed by atoms with van der Waals surface area (Å²) in [5.41, 5.74) is 0.142. The van der Waals surface area contributed by atoms with Crippen LogP contribution >= 0.6 is 27.3 Å². The minimum atomic E-state index is -0.294. The number of amides is 1. The number of halogens is 1. The van der Waals surface area contributed by atoms with E-state index in [4.69, 9.17) is 4.74 Å². The summed E-state index contributed by atoms with van der Waals surface area (Å²) >= 11 is 5.58. The summed E-state index contributed by atoms with van der Waals surface area (Å²) in [7, 11) is 1.39. The molecule has 4 nitrogen and oxygen atoms in total. The van der Waals surface area contributed by atoms with Crippen LogP contribution in [0.3, 0.4) is 0 Å². The van der Waals surface area contributed by atoms with E-state index in [-0.39, 0.29) is 34.1 Å². The molecule has 3 unspecified atom stereocenters. The van der Waals surface area contributed by atoms with Crippen LogP contribution < -0.4 is 5.32 Å². The zero-order valence-corrected chi connectivity index (χ0v) is 17.5. The van der Waals surface area contributed by atoms with E-state index in [2.05, 4.69) is 21.2 Å². The first-order valence-corrected chi connectivity index (χ1v) is 11.1. The molecule has 26 heavy (non-hydrogen) atoms. The van der Waals surface area contributed by atoms with Crippen molar-refractivity contribution in [3.8, 4) is 0 Å². The van der Waals surface area contributed by atoms with Gasteiger partial charge in [0.05, 0.1) is 19.6 Å². The van der Waals surface area contributed by atoms with E-state index in [1.807, 2.05) is 17.5 Å². The molecule has 1 amide bonds. The third-order valence-electron chi connectivity index (χ3n) is 6.47. The Morgan fingerprint density at radius 3 is 2.65 bits per heavy atom. The van der Waals surface area contributed by atoms with E-state index in [1.54, 1.807) is 11.3 Å². The molecule has 4 aliphatic carbocycles. The molecule has 0 aliphatic heterocycles. The standard InChI is InChI=1S/C20H26BrNO3S/c1-25-18(24)6-15(16-3-2-4-26-16)22-17(23)11-19-7-13-5-14(8-19)10-20(21,9-13)12-19/h2-4,13-15H,5-12H2,1H3,(H,22,23). The van der Waals surface area contributed by atoms with Crippen LogP contribution in [0, 0.1) is 17.3 Å². The molecule has 1 aromatic heterocycles. The van der Waals surface area contributed by atoms with E-state index in [0.29, 0.717) is 6.42 Å². The molecular weight excluding hydrogens is 414 g/mol. The van der Waals surface area contributed by atoms with Crippen LogP contribution in [-0.4, -0.2) is 23.3 Å². The first kappa shape index (κ1) is 18.5. The smallest absolute Gasteiger partial charge is 0.307 e. The van der Waals surface area contributed by atoms with Gasteiger partial charge in [-0.3, -0.25) is 9.59 Å². The number of carbonyl (C=O) groups is 2. The molecule has 1 aromatic rings. The lowest BCUT2D eigenvalue weighted by molar-refractivity contribution is -0.141. The van der Waals surface area contributed by atoms with Crippen molar-refractivity contribution in [3.63, 3.8) is 0 Å². The fraction of sp³-hybridized carbons (Fsp3) is 0.700. The first-order chi connectivity index (χ1) is 12.4. The molecule has 1 heterocycles. The number of carbonyl (C=O) groups excluding carboxylic acids is 2. The Morgan fingerprint density at radius 2 is 2.08 bits per heavy atom. The van der Waals surface area contributed by atoms with Gasteiger partial charge in [-0.25, -0.2) is 0 Å². The van der Waals surface area contributed by atoms with Gasteiger partial charge in [0.25, 0.3) is 0 Å². The van der Waals surface area contributed by atoms with Crippen LogP contribution in [0.1, 0.15) is 62.3 Å². The predicted octanol–water partition coefficient (Wildman–Crippen LogP) is 4.59. The Bertz CT molecular complexity index is 675. The number of ether oxygens (including phenoxy) is 1. The SMILES string of the molecule is COC(=O)CC(NC(=O)CC12CC3CC(CC(Br)(C3)C1)C2)c1cccs1. The Morgan fingerprint density at radius 1 is 1.35 bits per heavy atom. The molecule has 4 saturated carbocycles. The molecule has 4 aliphatic rings. The topological polar surface area (TPSA) is 55.4 Å². The van der Waals surface area contributed by atoms with Gasteiger partial charge in [-0.15, -0.1) is 11.3 Å². The van der Waals surface area contributed by atoms with Crippen molar-refractivity contribution in [3.05, 3.63) is 22.4 Å². The van der Waals surface area contributed by atoms with Crippen LogP contribution in [0.25, 0.3) is 0 Å². The van der Waals surface area contributed by atoms with E-state index >= 15 is 0 Å². The molecular formula is C20H26BrNO3S. The van der Waals surface area contributed by atoms with Crippen molar-refractivity contribution in [2.45, 2.75) is 61.7 Å². The predicted molar refractivity (Wildman–Crippen MR) is 105 cm³/mol. The molecule has 1 N–H and O–H groups in total. The maximum Gasteiger partial charge on any atom is 0.307 e. The van der Waals surface area contributed by atoms with Crippen LogP contribution in [-0.2, 0) is 14.3 Å². The van der Waals surface area contributed by atoms with Gasteiger partial charge in [0.15, 0.2) is 0 Å². The largest absolute Gasteiger partial charge is 0.469 e. The summed E-state index contributed by atoms with van der Waals surface area (Å²) < 4.78 is 5.08. The zero-order chi connectivity index (χ0) is 18.4. The van der Waals surface area contributed by atoms with Gasteiger partial charge in [0, 0.05) is 15.6 Å². The summed E-state index contributed by atoms with van der Waals surface area (Å²) in [6.07, 6.45) is 8.13. The number of hydrogen-bond acceptors (Lipinski definition) is 4. The van der Waals surface area contributed by atoms with Crippen LogP contribution in [0.2, 0.25) is 0 Å². The molecule has 142 valence electrons. The van der Waals surface area contributed by atoms with Gasteiger partial charge >= 0.3 is 5.97 Å². The zero-order valence-electron chi connectivity index (χ0n) is 15.1. The maximum atomic E-state index is 12.9. The molecule has 5 rings (SSSR count). The van der Waals surface area contributed by atoms with Crippen molar-refractivity contribution in [2.24, 2.45) is 17.3 Å². The highest BCUT2D eigenvalue weighted by Crippen LogP contribution is 2.65. The average molecular weight is 440 g/mol. The number of rotatable bonds is 6. The molecule has 0 saturated heterocycles. The van der Waals surface area contributed by atoms with Crippen molar-refractivity contribution < 1.29 is 14.3 Å².